The van der Waals surface area contributed by atoms with Crippen molar-refractivity contribution in [3.8, 4) is 0 Å². The summed E-state index contributed by atoms with van der Waals surface area (Å²) in [5.41, 5.74) is 1.79. The number of nitrogens with one attached hydrogen (secondary N) is 1. The molecule has 2 amide bonds. The van der Waals surface area contributed by atoms with Gasteiger partial charge in [-0.2, -0.15) is 0 Å². The average molecular weight is 229 g/mol. The van der Waals surface area contributed by atoms with Crippen LogP contribution in [0.15, 0.2) is 36.5 Å². The van der Waals surface area contributed by atoms with Gasteiger partial charge in [-0.3, -0.25) is 9.88 Å². The zero-order valence-corrected chi connectivity index (χ0v) is 9.97. The predicted molar refractivity (Wildman–Crippen MR) is 69.2 cm³/mol. The van der Waals surface area contributed by atoms with Gasteiger partial charge in [0.15, 0.2) is 0 Å². The number of urea groups is 1. The van der Waals surface area contributed by atoms with E-state index in [9.17, 15) is 4.79 Å². The summed E-state index contributed by atoms with van der Waals surface area (Å²) in [6, 6.07) is 9.54. The molecule has 0 spiro atoms. The molecule has 0 bridgehead atoms. The molecule has 1 aromatic carbocycles. The Morgan fingerprint density at radius 2 is 2.24 bits per heavy atom. The second-order valence-corrected chi connectivity index (χ2v) is 3.77. The van der Waals surface area contributed by atoms with Crippen molar-refractivity contribution >= 4 is 22.6 Å². The first-order chi connectivity index (χ1) is 8.22. The third kappa shape index (κ3) is 2.36. The Hall–Kier alpha value is -2.10. The van der Waals surface area contributed by atoms with E-state index in [0.29, 0.717) is 6.54 Å². The Morgan fingerprint density at radius 3 is 3.00 bits per heavy atom. The molecule has 0 saturated heterocycles. The van der Waals surface area contributed by atoms with Crippen molar-refractivity contribution in [2.24, 2.45) is 0 Å². The number of rotatable bonds is 2. The molecule has 0 fully saturated rings. The maximum absolute atomic E-state index is 11.7. The highest BCUT2D eigenvalue weighted by Gasteiger charge is 2.09. The lowest BCUT2D eigenvalue weighted by atomic mass is 10.2. The minimum Gasteiger partial charge on any atom is -0.338 e. The van der Waals surface area contributed by atoms with Gasteiger partial charge in [0.05, 0.1) is 5.52 Å². The van der Waals surface area contributed by atoms with Gasteiger partial charge in [0, 0.05) is 30.9 Å². The van der Waals surface area contributed by atoms with Gasteiger partial charge in [0.25, 0.3) is 0 Å². The summed E-state index contributed by atoms with van der Waals surface area (Å²) in [5, 5.41) is 3.79. The number of benzene rings is 1. The summed E-state index contributed by atoms with van der Waals surface area (Å²) in [4.78, 5) is 17.5. The summed E-state index contributed by atoms with van der Waals surface area (Å²) in [6.45, 7) is 2.52. The van der Waals surface area contributed by atoms with Crippen LogP contribution in [0, 0.1) is 0 Å². The lowest BCUT2D eigenvalue weighted by molar-refractivity contribution is 0.248. The largest absolute Gasteiger partial charge is 0.338 e. The highest BCUT2D eigenvalue weighted by molar-refractivity contribution is 5.94. The summed E-state index contributed by atoms with van der Waals surface area (Å²) in [6.07, 6.45) is 1.76. The number of nitrogens with zero attached hydrogens (tertiary/aromatic N) is 2. The second kappa shape index (κ2) is 4.82. The van der Waals surface area contributed by atoms with Crippen molar-refractivity contribution in [1.29, 1.82) is 0 Å². The van der Waals surface area contributed by atoms with Gasteiger partial charge >= 0.3 is 6.03 Å². The van der Waals surface area contributed by atoms with Crippen LogP contribution in [-0.4, -0.2) is 24.6 Å². The molecule has 0 unspecified atom stereocenters. The summed E-state index contributed by atoms with van der Waals surface area (Å²) in [7, 11) is 1.75. The van der Waals surface area contributed by atoms with Crippen molar-refractivity contribution in [1.82, 2.24) is 10.3 Å². The Bertz CT molecular complexity index is 539. The Balaban J connectivity index is 2.32. The topological polar surface area (TPSA) is 45.2 Å². The van der Waals surface area contributed by atoms with E-state index in [4.69, 9.17) is 0 Å². The number of carbonyl (C=O) groups is 1. The van der Waals surface area contributed by atoms with Crippen LogP contribution in [0.4, 0.5) is 10.5 Å². The molecule has 0 atom stereocenters. The second-order valence-electron chi connectivity index (χ2n) is 3.77. The van der Waals surface area contributed by atoms with E-state index < -0.39 is 0 Å². The molecule has 2 aromatic rings. The van der Waals surface area contributed by atoms with Crippen LogP contribution in [0.5, 0.6) is 0 Å². The number of fused-ring (bicyclic) bond motifs is 1. The molecule has 17 heavy (non-hydrogen) atoms. The van der Waals surface area contributed by atoms with E-state index in [1.54, 1.807) is 18.1 Å². The van der Waals surface area contributed by atoms with Crippen LogP contribution in [0.1, 0.15) is 6.92 Å². The molecule has 0 aliphatic carbocycles. The number of hydrogen-bond donors (Lipinski definition) is 1. The minimum absolute atomic E-state index is 0.101. The monoisotopic (exact) mass is 229 g/mol. The number of hydrogen-bond acceptors (Lipinski definition) is 2. The van der Waals surface area contributed by atoms with Gasteiger partial charge in [-0.1, -0.05) is 6.07 Å². The highest BCUT2D eigenvalue weighted by Crippen LogP contribution is 2.19. The van der Waals surface area contributed by atoms with Crippen molar-refractivity contribution in [3.05, 3.63) is 36.5 Å². The minimum atomic E-state index is -0.101. The van der Waals surface area contributed by atoms with Gasteiger partial charge in [-0.15, -0.1) is 0 Å². The number of anilines is 1. The van der Waals surface area contributed by atoms with E-state index in [1.807, 2.05) is 37.3 Å². The highest BCUT2D eigenvalue weighted by atomic mass is 16.2. The first-order valence-electron chi connectivity index (χ1n) is 5.58. The molecule has 0 aliphatic heterocycles. The fourth-order valence-electron chi connectivity index (χ4n) is 1.66. The molecule has 88 valence electrons. The SMILES string of the molecule is CCNC(=O)N(C)c1ccc2ncccc2c1. The number of amides is 2. The van der Waals surface area contributed by atoms with Crippen LogP contribution >= 0.6 is 0 Å². The normalized spacial score (nSPS) is 10.2. The van der Waals surface area contributed by atoms with Crippen molar-refractivity contribution in [2.45, 2.75) is 6.92 Å². The molecule has 1 aromatic heterocycles. The van der Waals surface area contributed by atoms with Crippen LogP contribution in [0.3, 0.4) is 0 Å². The average Bonchev–Trinajstić information content (AvgIpc) is 2.37. The zero-order chi connectivity index (χ0) is 12.3. The van der Waals surface area contributed by atoms with E-state index in [1.165, 1.54) is 0 Å². The number of aromatic nitrogens is 1. The molecular weight excluding hydrogens is 214 g/mol. The van der Waals surface area contributed by atoms with Crippen LogP contribution < -0.4 is 10.2 Å². The fraction of sp³-hybridized carbons (Fsp3) is 0.231. The Morgan fingerprint density at radius 1 is 1.41 bits per heavy atom. The van der Waals surface area contributed by atoms with Crippen molar-refractivity contribution < 1.29 is 4.79 Å². The van der Waals surface area contributed by atoms with Gasteiger partial charge < -0.3 is 5.32 Å². The number of pyridine rings is 1. The van der Waals surface area contributed by atoms with Gasteiger partial charge in [-0.05, 0) is 31.2 Å². The molecule has 1 heterocycles. The lowest BCUT2D eigenvalue weighted by Crippen LogP contribution is -2.36. The molecule has 1 N–H and O–H groups in total. The molecule has 0 saturated carbocycles. The van der Waals surface area contributed by atoms with E-state index in [0.717, 1.165) is 16.6 Å². The molecule has 0 radical (unpaired) electrons. The molecule has 4 heteroatoms. The Kier molecular flexibility index (Phi) is 3.23. The standard InChI is InChI=1S/C13H15N3O/c1-3-14-13(17)16(2)11-6-7-12-10(9-11)5-4-8-15-12/h4-9H,3H2,1-2H3,(H,14,17). The molecule has 2 rings (SSSR count). The van der Waals surface area contributed by atoms with Gasteiger partial charge in [0.1, 0.15) is 0 Å². The van der Waals surface area contributed by atoms with E-state index in [-0.39, 0.29) is 6.03 Å². The van der Waals surface area contributed by atoms with Crippen LogP contribution in [0.25, 0.3) is 10.9 Å². The predicted octanol–water partition coefficient (Wildman–Crippen LogP) is 2.40. The van der Waals surface area contributed by atoms with Gasteiger partial charge in [0.2, 0.25) is 0 Å². The maximum atomic E-state index is 11.7. The quantitative estimate of drug-likeness (QED) is 0.859. The zero-order valence-electron chi connectivity index (χ0n) is 9.97. The molecule has 0 aliphatic rings. The maximum Gasteiger partial charge on any atom is 0.321 e. The first kappa shape index (κ1) is 11.4. The van der Waals surface area contributed by atoms with E-state index in [2.05, 4.69) is 10.3 Å². The summed E-state index contributed by atoms with van der Waals surface area (Å²) >= 11 is 0. The summed E-state index contributed by atoms with van der Waals surface area (Å²) in [5.74, 6) is 0. The van der Waals surface area contributed by atoms with Crippen LogP contribution in [0.2, 0.25) is 0 Å². The first-order valence-corrected chi connectivity index (χ1v) is 5.58. The lowest BCUT2D eigenvalue weighted by Gasteiger charge is -2.17. The van der Waals surface area contributed by atoms with Gasteiger partial charge in [-0.25, -0.2) is 4.79 Å². The van der Waals surface area contributed by atoms with E-state index >= 15 is 0 Å². The third-order valence-electron chi connectivity index (χ3n) is 2.61. The molecular formula is C13H15N3O. The molecule has 4 nitrogen and oxygen atoms in total. The van der Waals surface area contributed by atoms with Crippen molar-refractivity contribution in [2.75, 3.05) is 18.5 Å². The fourth-order valence-corrected chi connectivity index (χ4v) is 1.66. The van der Waals surface area contributed by atoms with Crippen molar-refractivity contribution in [3.63, 3.8) is 0 Å². The third-order valence-corrected chi connectivity index (χ3v) is 2.61. The summed E-state index contributed by atoms with van der Waals surface area (Å²) < 4.78 is 0. The van der Waals surface area contributed by atoms with Crippen LogP contribution in [-0.2, 0) is 0 Å². The smallest absolute Gasteiger partial charge is 0.321 e. The Labute approximate surface area is 100 Å². The number of carbonyl (C=O) groups excluding carboxylic acids is 1.